The van der Waals surface area contributed by atoms with Gasteiger partial charge >= 0.3 is 5.97 Å². The van der Waals surface area contributed by atoms with E-state index in [2.05, 4.69) is 17.3 Å². The van der Waals surface area contributed by atoms with Crippen LogP contribution in [0.2, 0.25) is 0 Å². The summed E-state index contributed by atoms with van der Waals surface area (Å²) in [5.41, 5.74) is 1.57. The molecule has 0 aromatic heterocycles. The zero-order valence-corrected chi connectivity index (χ0v) is 22.5. The fourth-order valence-electron chi connectivity index (χ4n) is 4.46. The number of nitrogens with zero attached hydrogens (tertiary/aromatic N) is 3. The second-order valence-electron chi connectivity index (χ2n) is 9.47. The Balaban J connectivity index is 1.42. The summed E-state index contributed by atoms with van der Waals surface area (Å²) in [6, 6.07) is 12.9. The quantitative estimate of drug-likeness (QED) is 0.402. The molecule has 10 heteroatoms. The van der Waals surface area contributed by atoms with E-state index in [-0.39, 0.29) is 28.4 Å². The number of rotatable bonds is 8. The average molecular weight is 539 g/mol. The van der Waals surface area contributed by atoms with Crippen molar-refractivity contribution in [2.24, 2.45) is 0 Å². The predicted molar refractivity (Wildman–Crippen MR) is 145 cm³/mol. The number of piperidine rings is 1. The molecule has 200 valence electrons. The van der Waals surface area contributed by atoms with Crippen molar-refractivity contribution >= 4 is 46.7 Å². The molecule has 38 heavy (non-hydrogen) atoms. The van der Waals surface area contributed by atoms with E-state index in [0.29, 0.717) is 29.8 Å². The van der Waals surface area contributed by atoms with Crippen molar-refractivity contribution in [2.45, 2.75) is 32.2 Å². The van der Waals surface area contributed by atoms with Gasteiger partial charge < -0.3 is 19.9 Å². The van der Waals surface area contributed by atoms with Gasteiger partial charge in [0, 0.05) is 24.3 Å². The lowest BCUT2D eigenvalue weighted by Crippen LogP contribution is -2.44. The Bertz CT molecular complexity index is 1250. The van der Waals surface area contributed by atoms with Crippen LogP contribution < -0.4 is 10.2 Å². The Morgan fingerprint density at radius 2 is 1.61 bits per heavy atom. The third-order valence-electron chi connectivity index (χ3n) is 6.78. The normalized spacial score (nSPS) is 16.7. The van der Waals surface area contributed by atoms with E-state index in [1.54, 1.807) is 29.2 Å². The van der Waals surface area contributed by atoms with Gasteiger partial charge in [-0.05, 0) is 87.9 Å². The van der Waals surface area contributed by atoms with E-state index >= 15 is 0 Å². The standard InChI is InChI=1S/C28H31ClN4O5/c1-4-17-38-28(37)19-7-11-22(12-8-19)33-26(35)23(29)24(27(33)36)30-20-9-5-18(6-10-20)25(34)32(3)21-13-15-31(2)16-14-21/h5-12,21,30H,4,13-17H2,1-3H3. The van der Waals surface area contributed by atoms with E-state index in [1.807, 2.05) is 14.0 Å². The molecule has 0 radical (unpaired) electrons. The predicted octanol–water partition coefficient (Wildman–Crippen LogP) is 3.86. The van der Waals surface area contributed by atoms with Crippen molar-refractivity contribution in [1.29, 1.82) is 0 Å². The summed E-state index contributed by atoms with van der Waals surface area (Å²) in [5.74, 6) is -1.84. The Labute approximate surface area is 227 Å². The highest BCUT2D eigenvalue weighted by Gasteiger charge is 2.39. The van der Waals surface area contributed by atoms with Crippen LogP contribution >= 0.6 is 11.6 Å². The molecular weight excluding hydrogens is 508 g/mol. The number of carbonyl (C=O) groups excluding carboxylic acids is 4. The molecule has 0 spiro atoms. The molecule has 3 amide bonds. The van der Waals surface area contributed by atoms with E-state index in [4.69, 9.17) is 16.3 Å². The molecule has 2 aliphatic heterocycles. The number of esters is 1. The van der Waals surface area contributed by atoms with Crippen molar-refractivity contribution in [2.75, 3.05) is 44.0 Å². The number of carbonyl (C=O) groups is 4. The SMILES string of the molecule is CCCOC(=O)c1ccc(N2C(=O)C(Cl)=C(Nc3ccc(C(=O)N(C)C4CCN(C)CC4)cc3)C2=O)cc1. The Hall–Kier alpha value is -3.69. The summed E-state index contributed by atoms with van der Waals surface area (Å²) in [4.78, 5) is 55.9. The Morgan fingerprint density at radius 3 is 2.21 bits per heavy atom. The molecule has 0 saturated carbocycles. The molecule has 1 fully saturated rings. The lowest BCUT2D eigenvalue weighted by atomic mass is 10.0. The number of anilines is 2. The van der Waals surface area contributed by atoms with Crippen molar-refractivity contribution in [1.82, 2.24) is 9.80 Å². The van der Waals surface area contributed by atoms with E-state index in [9.17, 15) is 19.2 Å². The minimum atomic E-state index is -0.674. The van der Waals surface area contributed by atoms with Crippen LogP contribution in [0.5, 0.6) is 0 Å². The van der Waals surface area contributed by atoms with Gasteiger partial charge in [-0.15, -0.1) is 0 Å². The fourth-order valence-corrected chi connectivity index (χ4v) is 4.68. The molecule has 0 aliphatic carbocycles. The highest BCUT2D eigenvalue weighted by atomic mass is 35.5. The number of hydrogen-bond acceptors (Lipinski definition) is 7. The van der Waals surface area contributed by atoms with Gasteiger partial charge in [-0.3, -0.25) is 14.4 Å². The number of likely N-dealkylation sites (tertiary alicyclic amines) is 1. The van der Waals surface area contributed by atoms with Crippen molar-refractivity contribution in [3.63, 3.8) is 0 Å². The van der Waals surface area contributed by atoms with Crippen LogP contribution in [0.15, 0.2) is 59.3 Å². The molecule has 0 bridgehead atoms. The Kier molecular flexibility index (Phi) is 8.48. The van der Waals surface area contributed by atoms with E-state index in [0.717, 1.165) is 30.8 Å². The summed E-state index contributed by atoms with van der Waals surface area (Å²) in [6.07, 6.45) is 2.57. The van der Waals surface area contributed by atoms with Gasteiger partial charge in [-0.25, -0.2) is 9.69 Å². The number of benzene rings is 2. The second-order valence-corrected chi connectivity index (χ2v) is 9.85. The molecule has 2 heterocycles. The van der Waals surface area contributed by atoms with Gasteiger partial charge in [0.1, 0.15) is 10.7 Å². The number of hydrogen-bond donors (Lipinski definition) is 1. The molecule has 0 atom stereocenters. The third-order valence-corrected chi connectivity index (χ3v) is 7.13. The van der Waals surface area contributed by atoms with Crippen LogP contribution in [0.4, 0.5) is 11.4 Å². The number of nitrogens with one attached hydrogen (secondary N) is 1. The highest BCUT2D eigenvalue weighted by Crippen LogP contribution is 2.30. The summed E-state index contributed by atoms with van der Waals surface area (Å²) in [7, 11) is 3.91. The number of imide groups is 1. The summed E-state index contributed by atoms with van der Waals surface area (Å²) in [6.45, 7) is 4.12. The number of ether oxygens (including phenoxy) is 1. The zero-order valence-electron chi connectivity index (χ0n) is 21.7. The molecule has 2 aromatic carbocycles. The monoisotopic (exact) mass is 538 g/mol. The first-order valence-electron chi connectivity index (χ1n) is 12.6. The maximum absolute atomic E-state index is 13.1. The first-order chi connectivity index (χ1) is 18.2. The van der Waals surface area contributed by atoms with Gasteiger partial charge in [0.2, 0.25) is 0 Å². The molecule has 2 aliphatic rings. The lowest BCUT2D eigenvalue weighted by molar-refractivity contribution is -0.120. The maximum Gasteiger partial charge on any atom is 0.338 e. The number of halogens is 1. The van der Waals surface area contributed by atoms with Crippen molar-refractivity contribution in [3.05, 3.63) is 70.4 Å². The topological polar surface area (TPSA) is 99.3 Å². The highest BCUT2D eigenvalue weighted by molar-refractivity contribution is 6.53. The summed E-state index contributed by atoms with van der Waals surface area (Å²) >= 11 is 6.24. The number of amides is 3. The van der Waals surface area contributed by atoms with Crippen molar-refractivity contribution < 1.29 is 23.9 Å². The summed E-state index contributed by atoms with van der Waals surface area (Å²) < 4.78 is 5.10. The van der Waals surface area contributed by atoms with Gasteiger partial charge in [-0.2, -0.15) is 0 Å². The zero-order chi connectivity index (χ0) is 27.4. The first-order valence-corrected chi connectivity index (χ1v) is 13.0. The molecule has 4 rings (SSSR count). The van der Waals surface area contributed by atoms with Crippen LogP contribution in [-0.2, 0) is 14.3 Å². The van der Waals surface area contributed by atoms with Crippen LogP contribution in [0.25, 0.3) is 0 Å². The van der Waals surface area contributed by atoms with E-state index in [1.165, 1.54) is 24.3 Å². The van der Waals surface area contributed by atoms with Gasteiger partial charge in [0.15, 0.2) is 0 Å². The average Bonchev–Trinajstić information content (AvgIpc) is 3.14. The largest absolute Gasteiger partial charge is 0.462 e. The molecule has 1 N–H and O–H groups in total. The smallest absolute Gasteiger partial charge is 0.338 e. The molecule has 9 nitrogen and oxygen atoms in total. The van der Waals surface area contributed by atoms with Crippen LogP contribution in [0, 0.1) is 0 Å². The van der Waals surface area contributed by atoms with E-state index < -0.39 is 17.8 Å². The molecule has 2 aromatic rings. The molecule has 0 unspecified atom stereocenters. The van der Waals surface area contributed by atoms with Crippen LogP contribution in [0.1, 0.15) is 46.9 Å². The van der Waals surface area contributed by atoms with Crippen molar-refractivity contribution in [3.8, 4) is 0 Å². The summed E-state index contributed by atoms with van der Waals surface area (Å²) in [5, 5.41) is 2.67. The fraction of sp³-hybridized carbons (Fsp3) is 0.357. The van der Waals surface area contributed by atoms with Gasteiger partial charge in [0.25, 0.3) is 17.7 Å². The van der Waals surface area contributed by atoms with Gasteiger partial charge in [-0.1, -0.05) is 18.5 Å². The maximum atomic E-state index is 13.1. The van der Waals surface area contributed by atoms with Gasteiger partial charge in [0.05, 0.1) is 17.9 Å². The minimum Gasteiger partial charge on any atom is -0.462 e. The minimum absolute atomic E-state index is 0.0642. The van der Waals surface area contributed by atoms with Crippen LogP contribution in [0.3, 0.4) is 0 Å². The second kappa shape index (κ2) is 11.8. The molecular formula is C28H31ClN4O5. The third kappa shape index (κ3) is 5.74. The van der Waals surface area contributed by atoms with Crippen LogP contribution in [-0.4, -0.2) is 73.3 Å². The lowest BCUT2D eigenvalue weighted by Gasteiger charge is -2.35. The Morgan fingerprint density at radius 1 is 1.00 bits per heavy atom. The first kappa shape index (κ1) is 27.3. The molecule has 1 saturated heterocycles.